The van der Waals surface area contributed by atoms with Gasteiger partial charge in [-0.2, -0.15) is 0 Å². The fourth-order valence-electron chi connectivity index (χ4n) is 1.72. The van der Waals surface area contributed by atoms with Crippen LogP contribution in [0.4, 0.5) is 0 Å². The molecule has 5 nitrogen and oxygen atoms in total. The Labute approximate surface area is 119 Å². The van der Waals surface area contributed by atoms with Crippen LogP contribution in [0.15, 0.2) is 30.3 Å². The third-order valence-corrected chi connectivity index (χ3v) is 2.88. The van der Waals surface area contributed by atoms with Gasteiger partial charge in [-0.25, -0.2) is 5.48 Å². The summed E-state index contributed by atoms with van der Waals surface area (Å²) in [6.45, 7) is 2.09. The molecule has 110 valence electrons. The van der Waals surface area contributed by atoms with Crippen LogP contribution in [0.25, 0.3) is 0 Å². The van der Waals surface area contributed by atoms with E-state index in [4.69, 9.17) is 4.74 Å². The van der Waals surface area contributed by atoms with E-state index in [1.54, 1.807) is 0 Å². The lowest BCUT2D eigenvalue weighted by Gasteiger charge is -2.11. The van der Waals surface area contributed by atoms with Gasteiger partial charge in [-0.1, -0.05) is 37.3 Å². The Bertz CT molecular complexity index is 419. The molecule has 0 saturated carbocycles. The summed E-state index contributed by atoms with van der Waals surface area (Å²) in [6, 6.07) is 9.54. The van der Waals surface area contributed by atoms with Crippen molar-refractivity contribution < 1.29 is 19.2 Å². The van der Waals surface area contributed by atoms with Crippen LogP contribution < -0.4 is 5.48 Å². The zero-order valence-corrected chi connectivity index (χ0v) is 11.9. The molecule has 1 aromatic rings. The molecule has 0 aliphatic carbocycles. The Kier molecular flexibility index (Phi) is 7.35. The highest BCUT2D eigenvalue weighted by atomic mass is 16.6. The highest BCUT2D eigenvalue weighted by molar-refractivity contribution is 5.75. The lowest BCUT2D eigenvalue weighted by Crippen LogP contribution is -2.22. The molecular weight excluding hydrogens is 258 g/mol. The van der Waals surface area contributed by atoms with Gasteiger partial charge in [0.25, 0.3) is 0 Å². The van der Waals surface area contributed by atoms with Crippen LogP contribution in [0, 0.1) is 5.92 Å². The number of hydrogen-bond acceptors (Lipinski definition) is 4. The molecule has 0 bridgehead atoms. The normalized spacial score (nSPS) is 11.7. The van der Waals surface area contributed by atoms with Gasteiger partial charge in [0.05, 0.1) is 13.0 Å². The van der Waals surface area contributed by atoms with Gasteiger partial charge in [0.1, 0.15) is 6.61 Å². The van der Waals surface area contributed by atoms with Crippen LogP contribution >= 0.6 is 0 Å². The van der Waals surface area contributed by atoms with Crippen LogP contribution in [0.5, 0.6) is 0 Å². The van der Waals surface area contributed by atoms with Crippen LogP contribution in [-0.4, -0.2) is 19.0 Å². The largest absolute Gasteiger partial charge is 0.461 e. The van der Waals surface area contributed by atoms with Crippen molar-refractivity contribution in [2.24, 2.45) is 5.92 Å². The number of amides is 1. The lowest BCUT2D eigenvalue weighted by atomic mass is 10.0. The van der Waals surface area contributed by atoms with Gasteiger partial charge in [-0.15, -0.1) is 0 Å². The zero-order chi connectivity index (χ0) is 14.8. The van der Waals surface area contributed by atoms with Crippen LogP contribution in [0.3, 0.4) is 0 Å². The molecular formula is C15H21NO4. The van der Waals surface area contributed by atoms with E-state index in [-0.39, 0.29) is 24.4 Å². The first-order chi connectivity index (χ1) is 9.63. The average Bonchev–Trinajstić information content (AvgIpc) is 2.46. The van der Waals surface area contributed by atoms with Crippen LogP contribution in [0.1, 0.15) is 31.7 Å². The molecule has 1 aromatic carbocycles. The first kappa shape index (κ1) is 16.2. The smallest absolute Gasteiger partial charge is 0.308 e. The first-order valence-corrected chi connectivity index (χ1v) is 6.66. The second kappa shape index (κ2) is 9.09. The summed E-state index contributed by atoms with van der Waals surface area (Å²) in [5.41, 5.74) is 3.21. The predicted octanol–water partition coefficient (Wildman–Crippen LogP) is 2.21. The van der Waals surface area contributed by atoms with E-state index in [1.807, 2.05) is 37.3 Å². The van der Waals surface area contributed by atoms with E-state index in [1.165, 1.54) is 7.11 Å². The van der Waals surface area contributed by atoms with Crippen molar-refractivity contribution in [3.8, 4) is 0 Å². The zero-order valence-electron chi connectivity index (χ0n) is 11.9. The molecule has 0 aromatic heterocycles. The second-order valence-electron chi connectivity index (χ2n) is 4.62. The predicted molar refractivity (Wildman–Crippen MR) is 74.4 cm³/mol. The molecule has 20 heavy (non-hydrogen) atoms. The molecule has 0 spiro atoms. The molecule has 0 aliphatic heterocycles. The quantitative estimate of drug-likeness (QED) is 0.585. The lowest BCUT2D eigenvalue weighted by molar-refractivity contribution is -0.149. The van der Waals surface area contributed by atoms with Crippen molar-refractivity contribution in [1.29, 1.82) is 0 Å². The standard InChI is InChI=1S/C15H21NO4/c1-12(7-6-10-14(17)16-19-2)15(18)20-11-13-8-4-3-5-9-13/h3-5,8-9,12H,6-7,10-11H2,1-2H3,(H,16,17). The van der Waals surface area contributed by atoms with E-state index in [0.29, 0.717) is 19.3 Å². The second-order valence-corrected chi connectivity index (χ2v) is 4.62. The monoisotopic (exact) mass is 279 g/mol. The number of nitrogens with one attached hydrogen (secondary N) is 1. The van der Waals surface area contributed by atoms with Crippen molar-refractivity contribution in [3.05, 3.63) is 35.9 Å². The Balaban J connectivity index is 2.21. The summed E-state index contributed by atoms with van der Waals surface area (Å²) < 4.78 is 5.23. The first-order valence-electron chi connectivity index (χ1n) is 6.66. The minimum Gasteiger partial charge on any atom is -0.461 e. The van der Waals surface area contributed by atoms with Gasteiger partial charge >= 0.3 is 5.97 Å². The average molecular weight is 279 g/mol. The number of benzene rings is 1. The molecule has 1 amide bonds. The molecule has 0 saturated heterocycles. The molecule has 0 heterocycles. The van der Waals surface area contributed by atoms with Crippen molar-refractivity contribution in [1.82, 2.24) is 5.48 Å². The van der Waals surface area contributed by atoms with Crippen LogP contribution in [0.2, 0.25) is 0 Å². The fraction of sp³-hybridized carbons (Fsp3) is 0.467. The topological polar surface area (TPSA) is 64.6 Å². The van der Waals surface area contributed by atoms with E-state index >= 15 is 0 Å². The third-order valence-electron chi connectivity index (χ3n) is 2.88. The highest BCUT2D eigenvalue weighted by Gasteiger charge is 2.14. The molecule has 0 aliphatic rings. The number of carbonyl (C=O) groups excluding carboxylic acids is 2. The van der Waals surface area contributed by atoms with E-state index < -0.39 is 0 Å². The number of esters is 1. The number of carbonyl (C=O) groups is 2. The van der Waals surface area contributed by atoms with Gasteiger partial charge < -0.3 is 4.74 Å². The van der Waals surface area contributed by atoms with Gasteiger partial charge in [-0.3, -0.25) is 14.4 Å². The molecule has 0 radical (unpaired) electrons. The van der Waals surface area contributed by atoms with Gasteiger partial charge in [0.15, 0.2) is 0 Å². The molecule has 0 fully saturated rings. The van der Waals surface area contributed by atoms with Crippen molar-refractivity contribution in [2.75, 3.05) is 7.11 Å². The molecule has 1 unspecified atom stereocenters. The number of hydrogen-bond donors (Lipinski definition) is 1. The molecule has 1 rings (SSSR count). The summed E-state index contributed by atoms with van der Waals surface area (Å²) in [5, 5.41) is 0. The Morgan fingerprint density at radius 2 is 1.95 bits per heavy atom. The SMILES string of the molecule is CONC(=O)CCCC(C)C(=O)OCc1ccccc1. The van der Waals surface area contributed by atoms with Gasteiger partial charge in [0.2, 0.25) is 5.91 Å². The van der Waals surface area contributed by atoms with E-state index in [0.717, 1.165) is 5.56 Å². The maximum Gasteiger partial charge on any atom is 0.308 e. The Morgan fingerprint density at radius 1 is 1.25 bits per heavy atom. The van der Waals surface area contributed by atoms with Crippen molar-refractivity contribution in [2.45, 2.75) is 32.8 Å². The summed E-state index contributed by atoms with van der Waals surface area (Å²) in [5.74, 6) is -0.632. The number of hydroxylamine groups is 1. The minimum atomic E-state index is -0.235. The summed E-state index contributed by atoms with van der Waals surface area (Å²) in [7, 11) is 1.39. The maximum absolute atomic E-state index is 11.8. The number of ether oxygens (including phenoxy) is 1. The van der Waals surface area contributed by atoms with Crippen molar-refractivity contribution >= 4 is 11.9 Å². The number of rotatable bonds is 8. The van der Waals surface area contributed by atoms with Crippen LogP contribution in [-0.2, 0) is 25.8 Å². The summed E-state index contributed by atoms with van der Waals surface area (Å²) in [4.78, 5) is 27.4. The van der Waals surface area contributed by atoms with Gasteiger partial charge in [-0.05, 0) is 18.4 Å². The Hall–Kier alpha value is -1.88. The van der Waals surface area contributed by atoms with E-state index in [2.05, 4.69) is 10.3 Å². The Morgan fingerprint density at radius 3 is 2.60 bits per heavy atom. The minimum absolute atomic E-state index is 0.183. The summed E-state index contributed by atoms with van der Waals surface area (Å²) in [6.07, 6.45) is 1.58. The van der Waals surface area contributed by atoms with Gasteiger partial charge in [0, 0.05) is 6.42 Å². The van der Waals surface area contributed by atoms with Crippen molar-refractivity contribution in [3.63, 3.8) is 0 Å². The molecule has 1 atom stereocenters. The molecule has 1 N–H and O–H groups in total. The maximum atomic E-state index is 11.8. The third kappa shape index (κ3) is 6.33. The molecule has 5 heteroatoms. The fourth-order valence-corrected chi connectivity index (χ4v) is 1.72. The van der Waals surface area contributed by atoms with E-state index in [9.17, 15) is 9.59 Å². The highest BCUT2D eigenvalue weighted by Crippen LogP contribution is 2.11. The summed E-state index contributed by atoms with van der Waals surface area (Å²) >= 11 is 0.